The van der Waals surface area contributed by atoms with Crippen LogP contribution in [0.3, 0.4) is 0 Å². The topological polar surface area (TPSA) is 64.6 Å². The number of esters is 1. The fraction of sp³-hybridized carbons (Fsp3) is 0.375. The molecule has 0 aliphatic rings. The Labute approximate surface area is 124 Å². The highest BCUT2D eigenvalue weighted by molar-refractivity contribution is 5.93. The van der Waals surface area contributed by atoms with Crippen molar-refractivity contribution in [3.05, 3.63) is 35.9 Å². The van der Waals surface area contributed by atoms with E-state index >= 15 is 0 Å². The molecule has 1 rings (SSSR count). The molecule has 0 saturated carbocycles. The minimum absolute atomic E-state index is 0.125. The summed E-state index contributed by atoms with van der Waals surface area (Å²) in [7, 11) is 0. The Hall–Kier alpha value is -2.30. The Morgan fingerprint density at radius 2 is 1.90 bits per heavy atom. The minimum atomic E-state index is -0.450. The molecule has 1 aromatic carbocycles. The summed E-state index contributed by atoms with van der Waals surface area (Å²) in [4.78, 5) is 22.6. The number of hydrogen-bond acceptors (Lipinski definition) is 4. The first-order chi connectivity index (χ1) is 10.0. The molecule has 5 nitrogen and oxygen atoms in total. The number of amides is 1. The van der Waals surface area contributed by atoms with Gasteiger partial charge in [-0.25, -0.2) is 0 Å². The monoisotopic (exact) mass is 291 g/mol. The first-order valence-electron chi connectivity index (χ1n) is 6.89. The van der Waals surface area contributed by atoms with E-state index in [2.05, 4.69) is 5.32 Å². The number of hydrogen-bond donors (Lipinski definition) is 1. The van der Waals surface area contributed by atoms with E-state index in [9.17, 15) is 9.59 Å². The zero-order valence-electron chi connectivity index (χ0n) is 12.6. The van der Waals surface area contributed by atoms with E-state index in [1.807, 2.05) is 38.1 Å². The summed E-state index contributed by atoms with van der Waals surface area (Å²) in [5.41, 5.74) is 0.873. The van der Waals surface area contributed by atoms with E-state index in [0.717, 1.165) is 11.3 Å². The van der Waals surface area contributed by atoms with E-state index in [1.54, 1.807) is 13.0 Å². The molecule has 5 heteroatoms. The van der Waals surface area contributed by atoms with E-state index in [-0.39, 0.29) is 18.6 Å². The van der Waals surface area contributed by atoms with Gasteiger partial charge in [0.1, 0.15) is 12.3 Å². The quantitative estimate of drug-likeness (QED) is 0.617. The molecule has 0 heterocycles. The lowest BCUT2D eigenvalue weighted by Crippen LogP contribution is -2.29. The van der Waals surface area contributed by atoms with Crippen molar-refractivity contribution in [3.63, 3.8) is 0 Å². The van der Waals surface area contributed by atoms with E-state index in [1.165, 1.54) is 6.08 Å². The van der Waals surface area contributed by atoms with Gasteiger partial charge in [0.15, 0.2) is 0 Å². The maximum atomic E-state index is 11.5. The first-order valence-corrected chi connectivity index (χ1v) is 6.89. The van der Waals surface area contributed by atoms with Crippen molar-refractivity contribution in [2.75, 3.05) is 13.2 Å². The van der Waals surface area contributed by atoms with Gasteiger partial charge in [-0.3, -0.25) is 9.59 Å². The average molecular weight is 291 g/mol. The maximum Gasteiger partial charge on any atom is 0.325 e. The van der Waals surface area contributed by atoms with E-state index in [0.29, 0.717) is 6.61 Å². The molecule has 1 amide bonds. The fourth-order valence-corrected chi connectivity index (χ4v) is 1.53. The molecular formula is C16H21NO4. The lowest BCUT2D eigenvalue weighted by atomic mass is 10.2. The van der Waals surface area contributed by atoms with Crippen LogP contribution in [0.1, 0.15) is 26.3 Å². The zero-order chi connectivity index (χ0) is 15.7. The molecule has 0 aliphatic carbocycles. The molecule has 1 N–H and O–H groups in total. The average Bonchev–Trinajstić information content (AvgIpc) is 2.44. The van der Waals surface area contributed by atoms with E-state index in [4.69, 9.17) is 9.47 Å². The highest BCUT2D eigenvalue weighted by Crippen LogP contribution is 2.14. The number of rotatable bonds is 7. The number of nitrogens with one attached hydrogen (secondary N) is 1. The largest absolute Gasteiger partial charge is 0.491 e. The zero-order valence-corrected chi connectivity index (χ0v) is 12.6. The van der Waals surface area contributed by atoms with Crippen LogP contribution in [-0.2, 0) is 14.3 Å². The summed E-state index contributed by atoms with van der Waals surface area (Å²) < 4.78 is 10.2. The normalized spacial score (nSPS) is 10.7. The van der Waals surface area contributed by atoms with Crippen molar-refractivity contribution >= 4 is 18.0 Å². The van der Waals surface area contributed by atoms with Crippen LogP contribution in [0.15, 0.2) is 30.3 Å². The predicted molar refractivity (Wildman–Crippen MR) is 80.9 cm³/mol. The third-order valence-corrected chi connectivity index (χ3v) is 2.39. The summed E-state index contributed by atoms with van der Waals surface area (Å²) in [5, 5.41) is 2.45. The van der Waals surface area contributed by atoms with Crippen LogP contribution in [-0.4, -0.2) is 31.1 Å². The summed E-state index contributed by atoms with van der Waals surface area (Å²) in [5.74, 6) is -0.00564. The maximum absolute atomic E-state index is 11.5. The Morgan fingerprint density at radius 1 is 1.24 bits per heavy atom. The molecule has 0 bridgehead atoms. The smallest absolute Gasteiger partial charge is 0.325 e. The number of carbonyl (C=O) groups excluding carboxylic acids is 2. The van der Waals surface area contributed by atoms with Crippen molar-refractivity contribution in [2.45, 2.75) is 26.9 Å². The Kier molecular flexibility index (Phi) is 7.01. The van der Waals surface area contributed by atoms with E-state index < -0.39 is 5.97 Å². The predicted octanol–water partition coefficient (Wildman–Crippen LogP) is 2.17. The Morgan fingerprint density at radius 3 is 2.48 bits per heavy atom. The lowest BCUT2D eigenvalue weighted by Gasteiger charge is -2.09. The van der Waals surface area contributed by atoms with Crippen molar-refractivity contribution in [3.8, 4) is 5.75 Å². The van der Waals surface area contributed by atoms with Crippen LogP contribution < -0.4 is 10.1 Å². The molecule has 21 heavy (non-hydrogen) atoms. The van der Waals surface area contributed by atoms with Crippen LogP contribution in [0.2, 0.25) is 0 Å². The third kappa shape index (κ3) is 7.15. The molecule has 0 radical (unpaired) electrons. The van der Waals surface area contributed by atoms with Crippen LogP contribution in [0.5, 0.6) is 5.75 Å². The first kappa shape index (κ1) is 16.8. The summed E-state index contributed by atoms with van der Waals surface area (Å²) in [6, 6.07) is 7.39. The van der Waals surface area contributed by atoms with Gasteiger partial charge in [0.25, 0.3) is 0 Å². The molecule has 0 atom stereocenters. The third-order valence-electron chi connectivity index (χ3n) is 2.39. The second-order valence-corrected chi connectivity index (χ2v) is 4.59. The summed E-state index contributed by atoms with van der Waals surface area (Å²) >= 11 is 0. The highest BCUT2D eigenvalue weighted by atomic mass is 16.5. The molecule has 0 aromatic heterocycles. The van der Waals surface area contributed by atoms with Crippen LogP contribution in [0.4, 0.5) is 0 Å². The molecule has 0 saturated heterocycles. The van der Waals surface area contributed by atoms with Gasteiger partial charge in [0, 0.05) is 6.08 Å². The van der Waals surface area contributed by atoms with Crippen molar-refractivity contribution in [1.29, 1.82) is 0 Å². The van der Waals surface area contributed by atoms with Crippen LogP contribution >= 0.6 is 0 Å². The van der Waals surface area contributed by atoms with Crippen molar-refractivity contribution in [2.24, 2.45) is 0 Å². The van der Waals surface area contributed by atoms with Gasteiger partial charge in [0.05, 0.1) is 12.7 Å². The molecule has 0 fully saturated rings. The number of benzene rings is 1. The van der Waals surface area contributed by atoms with Gasteiger partial charge < -0.3 is 14.8 Å². The summed E-state index contributed by atoms with van der Waals surface area (Å²) in [6.45, 7) is 5.81. The van der Waals surface area contributed by atoms with Crippen LogP contribution in [0.25, 0.3) is 6.08 Å². The van der Waals surface area contributed by atoms with Gasteiger partial charge in [-0.1, -0.05) is 12.1 Å². The second-order valence-electron chi connectivity index (χ2n) is 4.59. The Bertz CT molecular complexity index is 492. The van der Waals surface area contributed by atoms with Crippen molar-refractivity contribution in [1.82, 2.24) is 5.32 Å². The highest BCUT2D eigenvalue weighted by Gasteiger charge is 2.03. The molecule has 0 aliphatic heterocycles. The Balaban J connectivity index is 2.45. The van der Waals surface area contributed by atoms with Crippen molar-refractivity contribution < 1.29 is 19.1 Å². The SMILES string of the molecule is CCOC(=O)CNC(=O)C=Cc1ccc(OC(C)C)cc1. The molecular weight excluding hydrogens is 270 g/mol. The van der Waals surface area contributed by atoms with Gasteiger partial charge in [-0.2, -0.15) is 0 Å². The molecule has 0 unspecified atom stereocenters. The molecule has 0 spiro atoms. The number of ether oxygens (including phenoxy) is 2. The van der Waals surface area contributed by atoms with Crippen LogP contribution in [0, 0.1) is 0 Å². The fourth-order valence-electron chi connectivity index (χ4n) is 1.53. The van der Waals surface area contributed by atoms with Gasteiger partial charge in [-0.05, 0) is 44.5 Å². The second kappa shape index (κ2) is 8.79. The summed E-state index contributed by atoms with van der Waals surface area (Å²) in [6.07, 6.45) is 3.16. The molecule has 1 aromatic rings. The molecule has 114 valence electrons. The number of carbonyl (C=O) groups is 2. The lowest BCUT2D eigenvalue weighted by molar-refractivity contribution is -0.143. The minimum Gasteiger partial charge on any atom is -0.491 e. The van der Waals surface area contributed by atoms with Gasteiger partial charge in [-0.15, -0.1) is 0 Å². The van der Waals surface area contributed by atoms with Gasteiger partial charge in [0.2, 0.25) is 5.91 Å². The standard InChI is InChI=1S/C16H21NO4/c1-4-20-16(19)11-17-15(18)10-7-13-5-8-14(9-6-13)21-12(2)3/h5-10,12H,4,11H2,1-3H3,(H,17,18). The van der Waals surface area contributed by atoms with Gasteiger partial charge >= 0.3 is 5.97 Å².